The van der Waals surface area contributed by atoms with Crippen molar-refractivity contribution in [3.8, 4) is 11.5 Å². The van der Waals surface area contributed by atoms with E-state index in [1.807, 2.05) is 0 Å². The lowest BCUT2D eigenvalue weighted by Crippen LogP contribution is -2.13. The lowest BCUT2D eigenvalue weighted by molar-refractivity contribution is -0.133. The highest BCUT2D eigenvalue weighted by atomic mass is 16.5. The Bertz CT molecular complexity index is 756. The van der Waals surface area contributed by atoms with Crippen molar-refractivity contribution < 1.29 is 23.5 Å². The molecule has 0 amide bonds. The van der Waals surface area contributed by atoms with Gasteiger partial charge in [-0.25, -0.2) is 4.79 Å². The maximum atomic E-state index is 11.8. The predicted octanol–water partition coefficient (Wildman–Crippen LogP) is 1.95. The molecule has 0 N–H and O–H groups in total. The lowest BCUT2D eigenvalue weighted by atomic mass is 10.1. The van der Waals surface area contributed by atoms with Crippen LogP contribution >= 0.6 is 0 Å². The highest BCUT2D eigenvalue weighted by molar-refractivity contribution is 5.90. The zero-order valence-corrected chi connectivity index (χ0v) is 11.2. The van der Waals surface area contributed by atoms with Gasteiger partial charge in [0.1, 0.15) is 11.3 Å². The fraction of sp³-hybridized carbons (Fsp3) is 0.214. The first-order chi connectivity index (χ1) is 9.40. The Balaban J connectivity index is 2.76. The molecule has 1 aromatic carbocycles. The number of ether oxygens (including phenoxy) is 2. The summed E-state index contributed by atoms with van der Waals surface area (Å²) in [4.78, 5) is 33.9. The van der Waals surface area contributed by atoms with Crippen LogP contribution in [0, 0.1) is 6.92 Å². The Morgan fingerprint density at radius 2 is 1.75 bits per heavy atom. The van der Waals surface area contributed by atoms with Crippen LogP contribution in [0.1, 0.15) is 19.4 Å². The van der Waals surface area contributed by atoms with Crippen molar-refractivity contribution in [1.82, 2.24) is 0 Å². The molecule has 20 heavy (non-hydrogen) atoms. The third-order valence-electron chi connectivity index (χ3n) is 2.59. The van der Waals surface area contributed by atoms with Gasteiger partial charge in [-0.05, 0) is 19.1 Å². The molecule has 2 aromatic rings. The van der Waals surface area contributed by atoms with E-state index >= 15 is 0 Å². The Morgan fingerprint density at radius 3 is 2.35 bits per heavy atom. The standard InChI is InChI=1S/C14H12O6/c1-7-12-10(18-8(2)15)5-4-6-11(12)20-14(17)13(7)19-9(3)16/h4-6H,1-3H3. The number of fused-ring (bicyclic) bond motifs is 1. The molecule has 6 nitrogen and oxygen atoms in total. The first kappa shape index (κ1) is 13.8. The van der Waals surface area contributed by atoms with Gasteiger partial charge in [0.25, 0.3) is 0 Å². The van der Waals surface area contributed by atoms with E-state index in [9.17, 15) is 14.4 Å². The number of hydrogen-bond donors (Lipinski definition) is 0. The number of hydrogen-bond acceptors (Lipinski definition) is 6. The van der Waals surface area contributed by atoms with Crippen molar-refractivity contribution in [3.63, 3.8) is 0 Å². The van der Waals surface area contributed by atoms with Crippen LogP contribution in [0.15, 0.2) is 27.4 Å². The molecule has 0 atom stereocenters. The van der Waals surface area contributed by atoms with Crippen molar-refractivity contribution in [3.05, 3.63) is 34.2 Å². The third-order valence-corrected chi connectivity index (χ3v) is 2.59. The average Bonchev–Trinajstić information content (AvgIpc) is 2.33. The van der Waals surface area contributed by atoms with Crippen LogP contribution in [-0.2, 0) is 9.59 Å². The van der Waals surface area contributed by atoms with Gasteiger partial charge in [0.15, 0.2) is 0 Å². The fourth-order valence-corrected chi connectivity index (χ4v) is 1.88. The van der Waals surface area contributed by atoms with E-state index in [1.165, 1.54) is 13.8 Å². The summed E-state index contributed by atoms with van der Waals surface area (Å²) in [6, 6.07) is 4.72. The summed E-state index contributed by atoms with van der Waals surface area (Å²) in [5.41, 5.74) is -0.129. The maximum Gasteiger partial charge on any atom is 0.380 e. The predicted molar refractivity (Wildman–Crippen MR) is 69.8 cm³/mol. The van der Waals surface area contributed by atoms with Gasteiger partial charge in [-0.1, -0.05) is 6.07 Å². The molecule has 0 aliphatic rings. The molecular formula is C14H12O6. The fourth-order valence-electron chi connectivity index (χ4n) is 1.88. The molecule has 0 fully saturated rings. The van der Waals surface area contributed by atoms with Crippen LogP contribution in [0.3, 0.4) is 0 Å². The molecule has 0 aliphatic heterocycles. The zero-order chi connectivity index (χ0) is 14.9. The van der Waals surface area contributed by atoms with Crippen LogP contribution < -0.4 is 15.1 Å². The molecule has 0 saturated heterocycles. The molecule has 0 aliphatic carbocycles. The monoisotopic (exact) mass is 276 g/mol. The van der Waals surface area contributed by atoms with E-state index in [1.54, 1.807) is 25.1 Å². The second-order valence-electron chi connectivity index (χ2n) is 4.16. The smallest absolute Gasteiger partial charge is 0.380 e. The van der Waals surface area contributed by atoms with E-state index in [0.717, 1.165) is 0 Å². The highest BCUT2D eigenvalue weighted by Crippen LogP contribution is 2.31. The minimum absolute atomic E-state index is 0.204. The van der Waals surface area contributed by atoms with Crippen LogP contribution in [0.5, 0.6) is 11.5 Å². The minimum Gasteiger partial charge on any atom is -0.426 e. The maximum absolute atomic E-state index is 11.8. The summed E-state index contributed by atoms with van der Waals surface area (Å²) >= 11 is 0. The SMILES string of the molecule is CC(=O)Oc1c(C)c2c(OC(C)=O)cccc2oc1=O. The van der Waals surface area contributed by atoms with Gasteiger partial charge in [-0.3, -0.25) is 9.59 Å². The van der Waals surface area contributed by atoms with Crippen LogP contribution in [-0.4, -0.2) is 11.9 Å². The minimum atomic E-state index is -0.759. The molecule has 0 bridgehead atoms. The number of rotatable bonds is 2. The Labute approximate surface area is 113 Å². The van der Waals surface area contributed by atoms with Crippen molar-refractivity contribution in [2.24, 2.45) is 0 Å². The van der Waals surface area contributed by atoms with Crippen molar-refractivity contribution in [2.45, 2.75) is 20.8 Å². The molecule has 1 heterocycles. The Hall–Kier alpha value is -2.63. The van der Waals surface area contributed by atoms with Gasteiger partial charge < -0.3 is 13.9 Å². The van der Waals surface area contributed by atoms with Gasteiger partial charge in [0.05, 0.1) is 5.39 Å². The zero-order valence-electron chi connectivity index (χ0n) is 11.2. The molecule has 104 valence electrons. The lowest BCUT2D eigenvalue weighted by Gasteiger charge is -2.10. The van der Waals surface area contributed by atoms with Gasteiger partial charge in [-0.15, -0.1) is 0 Å². The van der Waals surface area contributed by atoms with Gasteiger partial charge in [0.2, 0.25) is 5.75 Å². The second-order valence-corrected chi connectivity index (χ2v) is 4.16. The number of carbonyl (C=O) groups excluding carboxylic acids is 2. The topological polar surface area (TPSA) is 82.8 Å². The van der Waals surface area contributed by atoms with Crippen molar-refractivity contribution in [1.29, 1.82) is 0 Å². The van der Waals surface area contributed by atoms with E-state index < -0.39 is 17.6 Å². The molecule has 0 saturated carbocycles. The van der Waals surface area contributed by atoms with Crippen LogP contribution in [0.2, 0.25) is 0 Å². The summed E-state index contributed by atoms with van der Waals surface area (Å²) in [6.07, 6.45) is 0. The Morgan fingerprint density at radius 1 is 1.10 bits per heavy atom. The van der Waals surface area contributed by atoms with E-state index in [-0.39, 0.29) is 17.1 Å². The quantitative estimate of drug-likeness (QED) is 0.473. The summed E-state index contributed by atoms with van der Waals surface area (Å²) in [6.45, 7) is 4.03. The number of aryl methyl sites for hydroxylation is 1. The second kappa shape index (κ2) is 5.16. The molecule has 1 aromatic heterocycles. The van der Waals surface area contributed by atoms with E-state index in [0.29, 0.717) is 10.9 Å². The van der Waals surface area contributed by atoms with Crippen molar-refractivity contribution in [2.75, 3.05) is 0 Å². The molecular weight excluding hydrogens is 264 g/mol. The van der Waals surface area contributed by atoms with Crippen LogP contribution in [0.4, 0.5) is 0 Å². The third kappa shape index (κ3) is 2.54. The van der Waals surface area contributed by atoms with Gasteiger partial charge in [-0.2, -0.15) is 0 Å². The largest absolute Gasteiger partial charge is 0.426 e. The summed E-state index contributed by atoms with van der Waals surface area (Å²) in [5.74, 6) is -1.10. The first-order valence-corrected chi connectivity index (χ1v) is 5.83. The highest BCUT2D eigenvalue weighted by Gasteiger charge is 2.18. The van der Waals surface area contributed by atoms with Crippen LogP contribution in [0.25, 0.3) is 11.0 Å². The summed E-state index contributed by atoms with van der Waals surface area (Å²) in [5, 5.41) is 0.415. The van der Waals surface area contributed by atoms with E-state index in [2.05, 4.69) is 0 Å². The number of benzene rings is 1. The summed E-state index contributed by atoms with van der Waals surface area (Å²) < 4.78 is 15.0. The van der Waals surface area contributed by atoms with Gasteiger partial charge >= 0.3 is 17.6 Å². The number of carbonyl (C=O) groups is 2. The van der Waals surface area contributed by atoms with Crippen molar-refractivity contribution >= 4 is 22.9 Å². The summed E-state index contributed by atoms with van der Waals surface area (Å²) in [7, 11) is 0. The normalized spacial score (nSPS) is 10.3. The number of esters is 2. The van der Waals surface area contributed by atoms with Gasteiger partial charge in [0, 0.05) is 19.4 Å². The molecule has 0 unspecified atom stereocenters. The molecule has 6 heteroatoms. The average molecular weight is 276 g/mol. The Kier molecular flexibility index (Phi) is 3.56. The first-order valence-electron chi connectivity index (χ1n) is 5.83. The molecule has 2 rings (SSSR count). The molecule has 0 radical (unpaired) electrons. The molecule has 0 spiro atoms. The van der Waals surface area contributed by atoms with E-state index in [4.69, 9.17) is 13.9 Å².